The Bertz CT molecular complexity index is 1160. The molecule has 2 aromatic carbocycles. The van der Waals surface area contributed by atoms with Crippen molar-refractivity contribution < 1.29 is 5.21 Å². The summed E-state index contributed by atoms with van der Waals surface area (Å²) in [6.45, 7) is 0.479. The van der Waals surface area contributed by atoms with Gasteiger partial charge >= 0.3 is 5.69 Å². The SMILES string of the molecule is O=c1nc(NCc2ccc(-c3ccc(Cl)cc3)cc2)c2cccnc2n1O. The highest BCUT2D eigenvalue weighted by Crippen LogP contribution is 2.22. The molecule has 0 radical (unpaired) electrons. The standard InChI is InChI=1S/C20H15ClN4O2/c21-16-9-7-15(8-10-16)14-5-3-13(4-6-14)12-23-18-17-2-1-11-22-19(17)25(27)20(26)24-18/h1-11,27H,12H2,(H,23,24,26). The molecule has 0 aliphatic carbocycles. The van der Waals surface area contributed by atoms with Crippen molar-refractivity contribution in [2.24, 2.45) is 0 Å². The number of nitrogens with zero attached hydrogens (tertiary/aromatic N) is 3. The van der Waals surface area contributed by atoms with Crippen molar-refractivity contribution in [2.45, 2.75) is 6.54 Å². The van der Waals surface area contributed by atoms with E-state index < -0.39 is 5.69 Å². The first kappa shape index (κ1) is 17.1. The first-order chi connectivity index (χ1) is 13.1. The second kappa shape index (κ2) is 7.09. The summed E-state index contributed by atoms with van der Waals surface area (Å²) in [5.41, 5.74) is 2.59. The lowest BCUT2D eigenvalue weighted by Crippen LogP contribution is -2.23. The van der Waals surface area contributed by atoms with Crippen LogP contribution in [0.25, 0.3) is 22.2 Å². The third kappa shape index (κ3) is 3.47. The van der Waals surface area contributed by atoms with Crippen LogP contribution in [0.2, 0.25) is 5.02 Å². The number of pyridine rings is 1. The molecule has 4 rings (SSSR count). The van der Waals surface area contributed by atoms with E-state index in [2.05, 4.69) is 15.3 Å². The van der Waals surface area contributed by atoms with Gasteiger partial charge in [0.15, 0.2) is 5.65 Å². The Hall–Kier alpha value is -3.38. The van der Waals surface area contributed by atoms with E-state index in [-0.39, 0.29) is 5.65 Å². The molecule has 0 spiro atoms. The van der Waals surface area contributed by atoms with Crippen LogP contribution in [-0.4, -0.2) is 19.9 Å². The van der Waals surface area contributed by atoms with Crippen molar-refractivity contribution in [3.63, 3.8) is 0 Å². The second-order valence-electron chi connectivity index (χ2n) is 5.99. The third-order valence-electron chi connectivity index (χ3n) is 4.22. The number of anilines is 1. The Kier molecular flexibility index (Phi) is 4.48. The van der Waals surface area contributed by atoms with Crippen LogP contribution in [0, 0.1) is 0 Å². The summed E-state index contributed by atoms with van der Waals surface area (Å²) in [6.07, 6.45) is 1.51. The molecule has 2 heterocycles. The first-order valence-electron chi connectivity index (χ1n) is 8.27. The van der Waals surface area contributed by atoms with Gasteiger partial charge in [0, 0.05) is 17.8 Å². The van der Waals surface area contributed by atoms with Crippen molar-refractivity contribution in [2.75, 3.05) is 5.32 Å². The third-order valence-corrected chi connectivity index (χ3v) is 4.47. The molecular weight excluding hydrogens is 364 g/mol. The molecule has 6 nitrogen and oxygen atoms in total. The molecule has 7 heteroatoms. The highest BCUT2D eigenvalue weighted by atomic mass is 35.5. The number of nitrogens with one attached hydrogen (secondary N) is 1. The van der Waals surface area contributed by atoms with Crippen molar-refractivity contribution in [3.8, 4) is 11.1 Å². The van der Waals surface area contributed by atoms with Gasteiger partial charge in [0.1, 0.15) is 5.82 Å². The van der Waals surface area contributed by atoms with Crippen LogP contribution in [0.1, 0.15) is 5.56 Å². The molecule has 0 amide bonds. The minimum Gasteiger partial charge on any atom is -0.422 e. The summed E-state index contributed by atoms with van der Waals surface area (Å²) in [5.74, 6) is 0.384. The Balaban J connectivity index is 1.56. The average molecular weight is 379 g/mol. The number of hydrogen-bond acceptors (Lipinski definition) is 5. The van der Waals surface area contributed by atoms with Gasteiger partial charge in [-0.2, -0.15) is 4.98 Å². The van der Waals surface area contributed by atoms with Crippen LogP contribution in [0.4, 0.5) is 5.82 Å². The molecule has 0 aliphatic heterocycles. The summed E-state index contributed by atoms with van der Waals surface area (Å²) in [6, 6.07) is 19.2. The summed E-state index contributed by atoms with van der Waals surface area (Å²) in [7, 11) is 0. The van der Waals surface area contributed by atoms with Gasteiger partial charge < -0.3 is 10.5 Å². The topological polar surface area (TPSA) is 80.0 Å². The van der Waals surface area contributed by atoms with E-state index in [4.69, 9.17) is 11.6 Å². The summed E-state index contributed by atoms with van der Waals surface area (Å²) < 4.78 is 0.446. The number of hydrogen-bond donors (Lipinski definition) is 2. The van der Waals surface area contributed by atoms with Gasteiger partial charge in [-0.15, -0.1) is 4.73 Å². The van der Waals surface area contributed by atoms with E-state index >= 15 is 0 Å². The Labute approximate surface area is 159 Å². The predicted octanol–water partition coefficient (Wildman–Crippen LogP) is 3.96. The second-order valence-corrected chi connectivity index (χ2v) is 6.42. The number of benzene rings is 2. The largest absolute Gasteiger partial charge is 0.422 e. The van der Waals surface area contributed by atoms with Crippen molar-refractivity contribution in [1.29, 1.82) is 0 Å². The smallest absolute Gasteiger partial charge is 0.384 e. The Morgan fingerprint density at radius 2 is 1.67 bits per heavy atom. The maximum Gasteiger partial charge on any atom is 0.384 e. The number of fused-ring (bicyclic) bond motifs is 1. The Morgan fingerprint density at radius 3 is 2.37 bits per heavy atom. The first-order valence-corrected chi connectivity index (χ1v) is 8.65. The van der Waals surface area contributed by atoms with E-state index in [0.29, 0.717) is 27.5 Å². The monoisotopic (exact) mass is 378 g/mol. The fourth-order valence-corrected chi connectivity index (χ4v) is 2.95. The van der Waals surface area contributed by atoms with Crippen LogP contribution < -0.4 is 11.0 Å². The number of aromatic nitrogens is 3. The van der Waals surface area contributed by atoms with Gasteiger partial charge in [-0.25, -0.2) is 9.78 Å². The summed E-state index contributed by atoms with van der Waals surface area (Å²) >= 11 is 5.93. The van der Waals surface area contributed by atoms with Crippen molar-refractivity contribution in [3.05, 3.63) is 87.9 Å². The lowest BCUT2D eigenvalue weighted by Gasteiger charge is -2.10. The van der Waals surface area contributed by atoms with E-state index in [9.17, 15) is 10.0 Å². The molecule has 134 valence electrons. The molecule has 0 aliphatic rings. The van der Waals surface area contributed by atoms with Gasteiger partial charge in [0.05, 0.1) is 5.39 Å². The maximum atomic E-state index is 11.8. The van der Waals surface area contributed by atoms with Gasteiger partial charge in [-0.3, -0.25) is 0 Å². The molecular formula is C20H15ClN4O2. The predicted molar refractivity (Wildman–Crippen MR) is 105 cm³/mol. The van der Waals surface area contributed by atoms with Crippen LogP contribution in [0.3, 0.4) is 0 Å². The van der Waals surface area contributed by atoms with Crippen LogP contribution in [-0.2, 0) is 6.54 Å². The molecule has 0 unspecified atom stereocenters. The van der Waals surface area contributed by atoms with Gasteiger partial charge in [0.2, 0.25) is 0 Å². The average Bonchev–Trinajstić information content (AvgIpc) is 2.71. The summed E-state index contributed by atoms with van der Waals surface area (Å²) in [4.78, 5) is 19.7. The zero-order valence-electron chi connectivity index (χ0n) is 14.1. The van der Waals surface area contributed by atoms with Crippen molar-refractivity contribution in [1.82, 2.24) is 14.7 Å². The van der Waals surface area contributed by atoms with Crippen LogP contribution in [0.15, 0.2) is 71.7 Å². The Morgan fingerprint density at radius 1 is 1.00 bits per heavy atom. The van der Waals surface area contributed by atoms with E-state index in [0.717, 1.165) is 16.7 Å². The summed E-state index contributed by atoms with van der Waals surface area (Å²) in [5, 5.41) is 14.2. The molecule has 4 aromatic rings. The lowest BCUT2D eigenvalue weighted by molar-refractivity contribution is 0.182. The van der Waals surface area contributed by atoms with Crippen LogP contribution in [0.5, 0.6) is 0 Å². The fourth-order valence-electron chi connectivity index (χ4n) is 2.82. The lowest BCUT2D eigenvalue weighted by atomic mass is 10.0. The van der Waals surface area contributed by atoms with Crippen LogP contribution >= 0.6 is 11.6 Å². The number of halogens is 1. The zero-order valence-corrected chi connectivity index (χ0v) is 14.9. The van der Waals surface area contributed by atoms with E-state index in [1.807, 2.05) is 48.5 Å². The highest BCUT2D eigenvalue weighted by molar-refractivity contribution is 6.30. The molecule has 27 heavy (non-hydrogen) atoms. The van der Waals surface area contributed by atoms with Gasteiger partial charge in [0.25, 0.3) is 0 Å². The molecule has 0 saturated heterocycles. The van der Waals surface area contributed by atoms with Gasteiger partial charge in [-0.05, 0) is 41.0 Å². The fraction of sp³-hybridized carbons (Fsp3) is 0.0500. The molecule has 2 N–H and O–H groups in total. The molecule has 0 saturated carbocycles. The van der Waals surface area contributed by atoms with E-state index in [1.54, 1.807) is 12.1 Å². The molecule has 0 bridgehead atoms. The molecule has 2 aromatic heterocycles. The highest BCUT2D eigenvalue weighted by Gasteiger charge is 2.10. The van der Waals surface area contributed by atoms with Crippen molar-refractivity contribution >= 4 is 28.5 Å². The zero-order chi connectivity index (χ0) is 18.8. The maximum absolute atomic E-state index is 11.8. The van der Waals surface area contributed by atoms with Gasteiger partial charge in [-0.1, -0.05) is 48.0 Å². The molecule has 0 atom stereocenters. The number of rotatable bonds is 4. The minimum atomic E-state index is -0.776. The molecule has 0 fully saturated rings. The normalized spacial score (nSPS) is 10.9. The van der Waals surface area contributed by atoms with E-state index in [1.165, 1.54) is 6.20 Å². The quantitative estimate of drug-likeness (QED) is 0.525. The minimum absolute atomic E-state index is 0.165.